The van der Waals surface area contributed by atoms with E-state index in [1.165, 1.54) is 0 Å². The maximum atomic E-state index is 10.5. The van der Waals surface area contributed by atoms with E-state index in [1.54, 1.807) is 18.5 Å². The number of amides is 1. The SMILES string of the molecule is O=CNc1cccc(-c2cccc(-c3ccncc3)c2)n1. The first-order valence-electron chi connectivity index (χ1n) is 6.55. The van der Waals surface area contributed by atoms with Crippen LogP contribution in [0, 0.1) is 0 Å². The number of rotatable bonds is 4. The van der Waals surface area contributed by atoms with Crippen molar-refractivity contribution in [3.05, 3.63) is 67.0 Å². The summed E-state index contributed by atoms with van der Waals surface area (Å²) in [5.41, 5.74) is 4.02. The second-order valence-corrected chi connectivity index (χ2v) is 4.49. The van der Waals surface area contributed by atoms with Crippen molar-refractivity contribution in [1.82, 2.24) is 9.97 Å². The Kier molecular flexibility index (Phi) is 3.69. The van der Waals surface area contributed by atoms with Gasteiger partial charge in [0.25, 0.3) is 0 Å². The van der Waals surface area contributed by atoms with E-state index in [0.717, 1.165) is 22.4 Å². The van der Waals surface area contributed by atoms with E-state index in [9.17, 15) is 4.79 Å². The molecule has 0 aliphatic carbocycles. The lowest BCUT2D eigenvalue weighted by atomic mass is 10.0. The summed E-state index contributed by atoms with van der Waals surface area (Å²) >= 11 is 0. The molecule has 0 fully saturated rings. The van der Waals surface area contributed by atoms with Gasteiger partial charge >= 0.3 is 0 Å². The Morgan fingerprint density at radius 3 is 2.43 bits per heavy atom. The molecule has 1 amide bonds. The highest BCUT2D eigenvalue weighted by Crippen LogP contribution is 2.25. The molecule has 0 saturated carbocycles. The van der Waals surface area contributed by atoms with Gasteiger partial charge < -0.3 is 5.32 Å². The van der Waals surface area contributed by atoms with Crippen molar-refractivity contribution in [2.24, 2.45) is 0 Å². The maximum Gasteiger partial charge on any atom is 0.212 e. The third kappa shape index (κ3) is 2.95. The highest BCUT2D eigenvalue weighted by atomic mass is 16.1. The Labute approximate surface area is 122 Å². The maximum absolute atomic E-state index is 10.5. The van der Waals surface area contributed by atoms with Crippen LogP contribution in [0.1, 0.15) is 0 Å². The fourth-order valence-electron chi connectivity index (χ4n) is 2.14. The number of nitrogens with zero attached hydrogens (tertiary/aromatic N) is 2. The van der Waals surface area contributed by atoms with Crippen molar-refractivity contribution >= 4 is 12.2 Å². The van der Waals surface area contributed by atoms with Crippen LogP contribution in [0.2, 0.25) is 0 Å². The van der Waals surface area contributed by atoms with Crippen LogP contribution in [-0.4, -0.2) is 16.4 Å². The first kappa shape index (κ1) is 13.0. The van der Waals surface area contributed by atoms with Gasteiger partial charge in [0.1, 0.15) is 5.82 Å². The topological polar surface area (TPSA) is 54.9 Å². The van der Waals surface area contributed by atoms with Crippen LogP contribution in [0.3, 0.4) is 0 Å². The smallest absolute Gasteiger partial charge is 0.212 e. The third-order valence-electron chi connectivity index (χ3n) is 3.13. The molecule has 2 aromatic heterocycles. The Hall–Kier alpha value is -3.01. The molecule has 2 heterocycles. The number of hydrogen-bond acceptors (Lipinski definition) is 3. The van der Waals surface area contributed by atoms with E-state index in [-0.39, 0.29) is 0 Å². The van der Waals surface area contributed by atoms with Gasteiger partial charge in [-0.1, -0.05) is 24.3 Å². The number of hydrogen-bond donors (Lipinski definition) is 1. The van der Waals surface area contributed by atoms with Crippen LogP contribution in [0.4, 0.5) is 5.82 Å². The van der Waals surface area contributed by atoms with Gasteiger partial charge in [0, 0.05) is 18.0 Å². The summed E-state index contributed by atoms with van der Waals surface area (Å²) in [7, 11) is 0. The summed E-state index contributed by atoms with van der Waals surface area (Å²) in [6.45, 7) is 0. The average molecular weight is 275 g/mol. The van der Waals surface area contributed by atoms with Gasteiger partial charge in [0.2, 0.25) is 6.41 Å². The van der Waals surface area contributed by atoms with Gasteiger partial charge in [-0.3, -0.25) is 9.78 Å². The van der Waals surface area contributed by atoms with Gasteiger partial charge in [0.05, 0.1) is 5.69 Å². The highest BCUT2D eigenvalue weighted by molar-refractivity contribution is 5.73. The predicted octanol–water partition coefficient (Wildman–Crippen LogP) is 3.38. The monoisotopic (exact) mass is 275 g/mol. The van der Waals surface area contributed by atoms with Gasteiger partial charge in [-0.15, -0.1) is 0 Å². The standard InChI is InChI=1S/C17H13N3O/c21-12-19-17-6-2-5-16(20-17)15-4-1-3-14(11-15)13-7-9-18-10-8-13/h1-12H,(H,19,20,21). The largest absolute Gasteiger partial charge is 0.313 e. The summed E-state index contributed by atoms with van der Waals surface area (Å²) < 4.78 is 0. The van der Waals surface area contributed by atoms with Crippen molar-refractivity contribution in [3.63, 3.8) is 0 Å². The first-order chi connectivity index (χ1) is 10.4. The fourth-order valence-corrected chi connectivity index (χ4v) is 2.14. The fraction of sp³-hybridized carbons (Fsp3) is 0. The molecular formula is C17H13N3O. The zero-order valence-electron chi connectivity index (χ0n) is 11.2. The molecule has 0 saturated heterocycles. The molecule has 21 heavy (non-hydrogen) atoms. The van der Waals surface area contributed by atoms with Crippen molar-refractivity contribution in [2.75, 3.05) is 5.32 Å². The van der Waals surface area contributed by atoms with Crippen molar-refractivity contribution < 1.29 is 4.79 Å². The molecule has 0 spiro atoms. The molecule has 102 valence electrons. The second-order valence-electron chi connectivity index (χ2n) is 4.49. The molecule has 0 unspecified atom stereocenters. The first-order valence-corrected chi connectivity index (χ1v) is 6.55. The Bertz CT molecular complexity index is 757. The van der Waals surface area contributed by atoms with E-state index < -0.39 is 0 Å². The summed E-state index contributed by atoms with van der Waals surface area (Å²) in [4.78, 5) is 18.9. The van der Waals surface area contributed by atoms with Crippen LogP contribution in [-0.2, 0) is 4.79 Å². The minimum atomic E-state index is 0.539. The number of carbonyl (C=O) groups excluding carboxylic acids is 1. The molecule has 1 aromatic carbocycles. The Morgan fingerprint density at radius 1 is 0.857 bits per heavy atom. The van der Waals surface area contributed by atoms with Crippen LogP contribution in [0.25, 0.3) is 22.4 Å². The van der Waals surface area contributed by atoms with Gasteiger partial charge in [-0.2, -0.15) is 0 Å². The average Bonchev–Trinajstić information content (AvgIpc) is 2.56. The summed E-state index contributed by atoms with van der Waals surface area (Å²) in [6.07, 6.45) is 4.17. The number of benzene rings is 1. The molecule has 0 aliphatic rings. The molecule has 0 aliphatic heterocycles. The van der Waals surface area contributed by atoms with Crippen LogP contribution >= 0.6 is 0 Å². The summed E-state index contributed by atoms with van der Waals surface area (Å²) in [5, 5.41) is 2.56. The number of anilines is 1. The second kappa shape index (κ2) is 5.96. The molecule has 4 nitrogen and oxygen atoms in total. The summed E-state index contributed by atoms with van der Waals surface area (Å²) in [6, 6.07) is 17.6. The van der Waals surface area contributed by atoms with Crippen molar-refractivity contribution in [2.45, 2.75) is 0 Å². The molecule has 3 aromatic rings. The Morgan fingerprint density at radius 2 is 1.62 bits per heavy atom. The lowest BCUT2D eigenvalue weighted by molar-refractivity contribution is -0.105. The molecule has 0 radical (unpaired) electrons. The third-order valence-corrected chi connectivity index (χ3v) is 3.13. The highest BCUT2D eigenvalue weighted by Gasteiger charge is 2.03. The minimum Gasteiger partial charge on any atom is -0.313 e. The van der Waals surface area contributed by atoms with E-state index in [2.05, 4.69) is 21.4 Å². The van der Waals surface area contributed by atoms with E-state index in [4.69, 9.17) is 0 Å². The lowest BCUT2D eigenvalue weighted by Crippen LogP contribution is -1.97. The molecule has 0 atom stereocenters. The number of nitrogens with one attached hydrogen (secondary N) is 1. The van der Waals surface area contributed by atoms with Crippen molar-refractivity contribution in [1.29, 1.82) is 0 Å². The summed E-state index contributed by atoms with van der Waals surface area (Å²) in [5.74, 6) is 0.539. The minimum absolute atomic E-state index is 0.539. The molecule has 0 bridgehead atoms. The molecule has 1 N–H and O–H groups in total. The van der Waals surface area contributed by atoms with Crippen LogP contribution < -0.4 is 5.32 Å². The molecular weight excluding hydrogens is 262 g/mol. The normalized spacial score (nSPS) is 10.1. The zero-order valence-corrected chi connectivity index (χ0v) is 11.2. The van der Waals surface area contributed by atoms with Crippen molar-refractivity contribution in [3.8, 4) is 22.4 Å². The van der Waals surface area contributed by atoms with E-state index >= 15 is 0 Å². The number of aromatic nitrogens is 2. The number of pyridine rings is 2. The van der Waals surface area contributed by atoms with Crippen LogP contribution in [0.5, 0.6) is 0 Å². The predicted molar refractivity (Wildman–Crippen MR) is 82.6 cm³/mol. The van der Waals surface area contributed by atoms with Gasteiger partial charge in [0.15, 0.2) is 0 Å². The lowest BCUT2D eigenvalue weighted by Gasteiger charge is -2.06. The zero-order chi connectivity index (χ0) is 14.5. The van der Waals surface area contributed by atoms with Crippen LogP contribution in [0.15, 0.2) is 67.0 Å². The van der Waals surface area contributed by atoms with Gasteiger partial charge in [-0.25, -0.2) is 4.98 Å². The quantitative estimate of drug-likeness (QED) is 0.743. The number of carbonyl (C=O) groups is 1. The van der Waals surface area contributed by atoms with E-state index in [1.807, 2.05) is 42.5 Å². The molecule has 3 rings (SSSR count). The Balaban J connectivity index is 2.00. The van der Waals surface area contributed by atoms with E-state index in [0.29, 0.717) is 12.2 Å². The molecule has 4 heteroatoms. The van der Waals surface area contributed by atoms with Gasteiger partial charge in [-0.05, 0) is 41.5 Å².